The van der Waals surface area contributed by atoms with Crippen LogP contribution in [0.4, 0.5) is 0 Å². The molecule has 0 atom stereocenters. The maximum Gasteiger partial charge on any atom is 0.342 e. The Labute approximate surface area is 162 Å². The molecule has 0 saturated heterocycles. The molecule has 0 aliphatic rings. The Morgan fingerprint density at radius 1 is 1.15 bits per heavy atom. The number of aromatic amines is 1. The van der Waals surface area contributed by atoms with Crippen LogP contribution < -0.4 is 4.74 Å². The Kier molecular flexibility index (Phi) is 5.86. The van der Waals surface area contributed by atoms with Gasteiger partial charge >= 0.3 is 5.97 Å². The van der Waals surface area contributed by atoms with Crippen molar-refractivity contribution in [1.82, 2.24) is 4.98 Å². The molecule has 2 aromatic carbocycles. The SMILES string of the molecule is CCc1cccc2c(C(=O)COC(=O)c3ccc(SC)cc3OC)c[nH]c12. The van der Waals surface area contributed by atoms with E-state index in [9.17, 15) is 9.59 Å². The summed E-state index contributed by atoms with van der Waals surface area (Å²) < 4.78 is 10.5. The van der Waals surface area contributed by atoms with Crippen molar-refractivity contribution in [3.05, 3.63) is 59.3 Å². The van der Waals surface area contributed by atoms with Crippen LogP contribution in [-0.2, 0) is 11.2 Å². The topological polar surface area (TPSA) is 68.4 Å². The van der Waals surface area contributed by atoms with Gasteiger partial charge in [-0.15, -0.1) is 11.8 Å². The number of para-hydroxylation sites is 1. The molecular weight excluding hydrogens is 362 g/mol. The molecule has 27 heavy (non-hydrogen) atoms. The van der Waals surface area contributed by atoms with Crippen molar-refractivity contribution in [2.75, 3.05) is 20.0 Å². The minimum atomic E-state index is -0.582. The lowest BCUT2D eigenvalue weighted by Crippen LogP contribution is -2.14. The first-order valence-corrected chi connectivity index (χ1v) is 9.82. The number of carbonyl (C=O) groups excluding carboxylic acids is 2. The molecule has 0 spiro atoms. The fourth-order valence-electron chi connectivity index (χ4n) is 3.00. The first-order valence-electron chi connectivity index (χ1n) is 8.60. The molecule has 6 heteroatoms. The number of Topliss-reactive ketones (excluding diaryl/α,β-unsaturated/α-hetero) is 1. The highest BCUT2D eigenvalue weighted by Crippen LogP contribution is 2.26. The zero-order valence-corrected chi connectivity index (χ0v) is 16.3. The number of aryl methyl sites for hydroxylation is 1. The largest absolute Gasteiger partial charge is 0.496 e. The summed E-state index contributed by atoms with van der Waals surface area (Å²) in [5.74, 6) is -0.400. The number of carbonyl (C=O) groups is 2. The van der Waals surface area contributed by atoms with Gasteiger partial charge in [-0.25, -0.2) is 4.79 Å². The third-order valence-corrected chi connectivity index (χ3v) is 5.17. The molecule has 0 radical (unpaired) electrons. The van der Waals surface area contributed by atoms with Crippen LogP contribution >= 0.6 is 11.8 Å². The van der Waals surface area contributed by atoms with Gasteiger partial charge in [-0.3, -0.25) is 4.79 Å². The van der Waals surface area contributed by atoms with Gasteiger partial charge in [-0.2, -0.15) is 0 Å². The monoisotopic (exact) mass is 383 g/mol. The molecule has 1 aromatic heterocycles. The highest BCUT2D eigenvalue weighted by atomic mass is 32.2. The number of H-pyrrole nitrogens is 1. The normalized spacial score (nSPS) is 10.8. The molecule has 1 heterocycles. The number of ether oxygens (including phenoxy) is 2. The first kappa shape index (κ1) is 19.0. The number of esters is 1. The second-order valence-electron chi connectivity index (χ2n) is 5.96. The van der Waals surface area contributed by atoms with Crippen molar-refractivity contribution in [2.45, 2.75) is 18.2 Å². The van der Waals surface area contributed by atoms with Crippen molar-refractivity contribution in [3.8, 4) is 5.75 Å². The Bertz CT molecular complexity index is 993. The van der Waals surface area contributed by atoms with Gasteiger partial charge in [0.1, 0.15) is 11.3 Å². The smallest absolute Gasteiger partial charge is 0.342 e. The lowest BCUT2D eigenvalue weighted by molar-refractivity contribution is 0.0472. The van der Waals surface area contributed by atoms with E-state index in [0.29, 0.717) is 16.9 Å². The number of methoxy groups -OCH3 is 1. The molecule has 0 unspecified atom stereocenters. The molecule has 0 aliphatic heterocycles. The number of benzene rings is 2. The number of rotatable bonds is 7. The molecule has 5 nitrogen and oxygen atoms in total. The van der Waals surface area contributed by atoms with E-state index in [4.69, 9.17) is 9.47 Å². The second kappa shape index (κ2) is 8.31. The number of hydrogen-bond donors (Lipinski definition) is 1. The average Bonchev–Trinajstić information content (AvgIpc) is 3.15. The van der Waals surface area contributed by atoms with Gasteiger partial charge in [0.2, 0.25) is 5.78 Å². The molecule has 0 bridgehead atoms. The highest BCUT2D eigenvalue weighted by Gasteiger charge is 2.18. The number of aromatic nitrogens is 1. The van der Waals surface area contributed by atoms with E-state index in [0.717, 1.165) is 27.8 Å². The van der Waals surface area contributed by atoms with Crippen LogP contribution in [-0.4, -0.2) is 36.7 Å². The van der Waals surface area contributed by atoms with E-state index < -0.39 is 5.97 Å². The lowest BCUT2D eigenvalue weighted by Gasteiger charge is -2.09. The van der Waals surface area contributed by atoms with Gasteiger partial charge in [0, 0.05) is 27.6 Å². The molecular formula is C21H21NO4S. The molecule has 0 aliphatic carbocycles. The van der Waals surface area contributed by atoms with Gasteiger partial charge in [-0.1, -0.05) is 25.1 Å². The van der Waals surface area contributed by atoms with Crippen LogP contribution in [0, 0.1) is 0 Å². The second-order valence-corrected chi connectivity index (χ2v) is 6.84. The summed E-state index contributed by atoms with van der Waals surface area (Å²) in [6.07, 6.45) is 4.48. The van der Waals surface area contributed by atoms with Gasteiger partial charge < -0.3 is 14.5 Å². The molecule has 1 N–H and O–H groups in total. The van der Waals surface area contributed by atoms with Crippen LogP contribution in [0.2, 0.25) is 0 Å². The van der Waals surface area contributed by atoms with Crippen LogP contribution in [0.25, 0.3) is 10.9 Å². The number of ketones is 1. The van der Waals surface area contributed by atoms with Crippen molar-refractivity contribution < 1.29 is 19.1 Å². The predicted molar refractivity (Wildman–Crippen MR) is 107 cm³/mol. The summed E-state index contributed by atoms with van der Waals surface area (Å²) in [7, 11) is 1.50. The third kappa shape index (κ3) is 3.85. The summed E-state index contributed by atoms with van der Waals surface area (Å²) in [6.45, 7) is 1.74. The van der Waals surface area contributed by atoms with Crippen LogP contribution in [0.15, 0.2) is 47.5 Å². The van der Waals surface area contributed by atoms with E-state index in [2.05, 4.69) is 11.9 Å². The molecule has 0 fully saturated rings. The van der Waals surface area contributed by atoms with Gasteiger partial charge in [0.05, 0.1) is 7.11 Å². The molecule has 140 valence electrons. The minimum Gasteiger partial charge on any atom is -0.496 e. The minimum absolute atomic E-state index is 0.248. The molecule has 3 aromatic rings. The Morgan fingerprint density at radius 2 is 1.96 bits per heavy atom. The van der Waals surface area contributed by atoms with Gasteiger partial charge in [-0.05, 0) is 36.4 Å². The summed E-state index contributed by atoms with van der Waals surface area (Å²) >= 11 is 1.55. The Balaban J connectivity index is 1.75. The van der Waals surface area contributed by atoms with Gasteiger partial charge in [0.15, 0.2) is 6.61 Å². The molecule has 0 amide bonds. The van der Waals surface area contributed by atoms with E-state index in [1.54, 1.807) is 30.1 Å². The number of nitrogens with one attached hydrogen (secondary N) is 1. The molecule has 0 saturated carbocycles. The summed E-state index contributed by atoms with van der Waals surface area (Å²) in [5.41, 5.74) is 2.92. The van der Waals surface area contributed by atoms with Gasteiger partial charge in [0.25, 0.3) is 0 Å². The first-order chi connectivity index (χ1) is 13.1. The fraction of sp³-hybridized carbons (Fsp3) is 0.238. The lowest BCUT2D eigenvalue weighted by atomic mass is 10.1. The van der Waals surface area contributed by atoms with E-state index in [1.807, 2.05) is 30.5 Å². The zero-order chi connectivity index (χ0) is 19.4. The van der Waals surface area contributed by atoms with Crippen molar-refractivity contribution >= 4 is 34.4 Å². The average molecular weight is 383 g/mol. The van der Waals surface area contributed by atoms with E-state index in [1.165, 1.54) is 7.11 Å². The van der Waals surface area contributed by atoms with Crippen molar-refractivity contribution in [1.29, 1.82) is 0 Å². The van der Waals surface area contributed by atoms with E-state index in [-0.39, 0.29) is 12.4 Å². The zero-order valence-electron chi connectivity index (χ0n) is 15.5. The van der Waals surface area contributed by atoms with Crippen LogP contribution in [0.5, 0.6) is 5.75 Å². The fourth-order valence-corrected chi connectivity index (χ4v) is 3.43. The highest BCUT2D eigenvalue weighted by molar-refractivity contribution is 7.98. The predicted octanol–water partition coefficient (Wildman–Crippen LogP) is 4.50. The maximum atomic E-state index is 12.6. The quantitative estimate of drug-likeness (QED) is 0.370. The molecule has 3 rings (SSSR count). The van der Waals surface area contributed by atoms with Crippen molar-refractivity contribution in [2.24, 2.45) is 0 Å². The summed E-state index contributed by atoms with van der Waals surface area (Å²) in [5, 5.41) is 0.845. The van der Waals surface area contributed by atoms with Crippen LogP contribution in [0.3, 0.4) is 0 Å². The maximum absolute atomic E-state index is 12.6. The number of hydrogen-bond acceptors (Lipinski definition) is 5. The third-order valence-electron chi connectivity index (χ3n) is 4.45. The Morgan fingerprint density at radius 3 is 2.67 bits per heavy atom. The number of fused-ring (bicyclic) bond motifs is 1. The Hall–Kier alpha value is -2.73. The standard InChI is InChI=1S/C21H21NO4S/c1-4-13-6-5-7-15-17(11-22-20(13)15)18(23)12-26-21(24)16-9-8-14(27-3)10-19(16)25-2/h5-11,22H,4,12H2,1-3H3. The van der Waals surface area contributed by atoms with Crippen molar-refractivity contribution in [3.63, 3.8) is 0 Å². The van der Waals surface area contributed by atoms with E-state index >= 15 is 0 Å². The van der Waals surface area contributed by atoms with Crippen LogP contribution in [0.1, 0.15) is 33.2 Å². The summed E-state index contributed by atoms with van der Waals surface area (Å²) in [6, 6.07) is 11.1. The number of thioether (sulfide) groups is 1. The summed E-state index contributed by atoms with van der Waals surface area (Å²) in [4.78, 5) is 29.1.